The molecule has 0 saturated carbocycles. The third kappa shape index (κ3) is 10.3. The number of benzene rings is 2. The zero-order valence-corrected chi connectivity index (χ0v) is 9.84. The first-order valence-electron chi connectivity index (χ1n) is 5.02. The van der Waals surface area contributed by atoms with Crippen LogP contribution in [0.15, 0.2) is 66.7 Å². The Labute approximate surface area is 97.7 Å². The highest BCUT2D eigenvalue weighted by atomic mass is 16.4. The van der Waals surface area contributed by atoms with Crippen molar-refractivity contribution in [2.75, 3.05) is 20.0 Å². The Bertz CT molecular complexity index is 294. The number of para-hydroxylation sites is 1. The topological polar surface area (TPSA) is 35.2 Å². The van der Waals surface area contributed by atoms with Crippen LogP contribution >= 0.6 is 0 Å². The number of nitrogens with two attached hydrogens (primary N) is 1. The molecule has 2 aromatic rings. The molecule has 2 nitrogen and oxygen atoms in total. The first-order valence-corrected chi connectivity index (χ1v) is 5.02. The van der Waals surface area contributed by atoms with Crippen molar-refractivity contribution in [3.63, 3.8) is 0 Å². The van der Waals surface area contributed by atoms with Crippen molar-refractivity contribution >= 4 is 5.69 Å². The van der Waals surface area contributed by atoms with E-state index in [1.54, 1.807) is 14.2 Å². The summed E-state index contributed by atoms with van der Waals surface area (Å²) >= 11 is 0. The van der Waals surface area contributed by atoms with Gasteiger partial charge in [-0.1, -0.05) is 54.6 Å². The minimum atomic E-state index is 0.822. The summed E-state index contributed by atoms with van der Waals surface area (Å²) in [5.74, 6) is 0. The molecule has 86 valence electrons. The van der Waals surface area contributed by atoms with Gasteiger partial charge in [0.05, 0.1) is 0 Å². The van der Waals surface area contributed by atoms with Crippen molar-refractivity contribution in [2.45, 2.75) is 0 Å². The van der Waals surface area contributed by atoms with Gasteiger partial charge < -0.3 is 10.5 Å². The van der Waals surface area contributed by atoms with Gasteiger partial charge in [-0.05, 0) is 12.1 Å². The van der Waals surface area contributed by atoms with Crippen molar-refractivity contribution in [3.8, 4) is 0 Å². The number of hydrogen-bond acceptors (Lipinski definition) is 2. The van der Waals surface area contributed by atoms with E-state index in [-0.39, 0.29) is 0 Å². The second-order valence-corrected chi connectivity index (χ2v) is 2.97. The van der Waals surface area contributed by atoms with Crippen LogP contribution in [0.5, 0.6) is 0 Å². The zero-order chi connectivity index (χ0) is 12.1. The Morgan fingerprint density at radius 1 is 0.688 bits per heavy atom. The van der Waals surface area contributed by atoms with E-state index in [9.17, 15) is 0 Å². The van der Waals surface area contributed by atoms with Crippen molar-refractivity contribution in [1.29, 1.82) is 0 Å². The van der Waals surface area contributed by atoms with Gasteiger partial charge in [0, 0.05) is 19.9 Å². The van der Waals surface area contributed by atoms with Crippen LogP contribution in [0.4, 0.5) is 5.69 Å². The number of anilines is 1. The van der Waals surface area contributed by atoms with Crippen LogP contribution in [-0.2, 0) is 4.74 Å². The fraction of sp³-hybridized carbons (Fsp3) is 0.143. The van der Waals surface area contributed by atoms with E-state index in [1.807, 2.05) is 66.7 Å². The Hall–Kier alpha value is -1.80. The summed E-state index contributed by atoms with van der Waals surface area (Å²) in [5, 5.41) is 0. The molecule has 0 aliphatic carbocycles. The quantitative estimate of drug-likeness (QED) is 0.688. The van der Waals surface area contributed by atoms with E-state index in [1.165, 1.54) is 0 Å². The highest BCUT2D eigenvalue weighted by molar-refractivity contribution is 5.35. The molecular formula is C14H19NO. The van der Waals surface area contributed by atoms with E-state index < -0.39 is 0 Å². The van der Waals surface area contributed by atoms with Gasteiger partial charge in [-0.15, -0.1) is 0 Å². The van der Waals surface area contributed by atoms with Crippen molar-refractivity contribution < 1.29 is 4.74 Å². The van der Waals surface area contributed by atoms with E-state index in [0.29, 0.717) is 0 Å². The maximum atomic E-state index is 5.36. The number of methoxy groups -OCH3 is 1. The average molecular weight is 217 g/mol. The molecule has 0 heterocycles. The summed E-state index contributed by atoms with van der Waals surface area (Å²) in [5.41, 5.74) is 6.18. The molecule has 0 aliphatic rings. The Morgan fingerprint density at radius 2 is 0.938 bits per heavy atom. The SMILES string of the molecule is COC.Nc1ccccc1.c1ccccc1. The van der Waals surface area contributed by atoms with Gasteiger partial charge in [-0.25, -0.2) is 0 Å². The summed E-state index contributed by atoms with van der Waals surface area (Å²) < 4.78 is 4.25. The molecule has 2 rings (SSSR count). The lowest BCUT2D eigenvalue weighted by Crippen LogP contribution is -1.79. The average Bonchev–Trinajstić information content (AvgIpc) is 2.34. The molecule has 0 saturated heterocycles. The van der Waals surface area contributed by atoms with Crippen LogP contribution in [0.2, 0.25) is 0 Å². The van der Waals surface area contributed by atoms with E-state index in [4.69, 9.17) is 5.73 Å². The predicted octanol–water partition coefficient (Wildman–Crippen LogP) is 3.22. The third-order valence-corrected chi connectivity index (χ3v) is 1.47. The van der Waals surface area contributed by atoms with Gasteiger partial charge >= 0.3 is 0 Å². The molecule has 0 spiro atoms. The molecule has 2 heteroatoms. The van der Waals surface area contributed by atoms with Crippen LogP contribution in [0.3, 0.4) is 0 Å². The van der Waals surface area contributed by atoms with Gasteiger partial charge in [0.25, 0.3) is 0 Å². The van der Waals surface area contributed by atoms with Gasteiger partial charge in [0.2, 0.25) is 0 Å². The predicted molar refractivity (Wildman–Crippen MR) is 70.2 cm³/mol. The zero-order valence-electron chi connectivity index (χ0n) is 9.84. The van der Waals surface area contributed by atoms with Crippen molar-refractivity contribution in [2.24, 2.45) is 0 Å². The van der Waals surface area contributed by atoms with Crippen LogP contribution in [0.25, 0.3) is 0 Å². The maximum Gasteiger partial charge on any atom is 0.0351 e. The number of nitrogen functional groups attached to an aromatic ring is 1. The van der Waals surface area contributed by atoms with Crippen LogP contribution < -0.4 is 5.73 Å². The molecule has 0 aliphatic heterocycles. The fourth-order valence-corrected chi connectivity index (χ4v) is 0.838. The van der Waals surface area contributed by atoms with E-state index in [2.05, 4.69) is 4.74 Å². The number of ether oxygens (including phenoxy) is 1. The smallest absolute Gasteiger partial charge is 0.0351 e. The first-order chi connectivity index (χ1) is 7.81. The Balaban J connectivity index is 0.000000230. The number of hydrogen-bond donors (Lipinski definition) is 1. The highest BCUT2D eigenvalue weighted by Gasteiger charge is 1.72. The second kappa shape index (κ2) is 11.3. The Kier molecular flexibility index (Phi) is 10.0. The van der Waals surface area contributed by atoms with Gasteiger partial charge in [-0.3, -0.25) is 0 Å². The van der Waals surface area contributed by atoms with Gasteiger partial charge in [0.1, 0.15) is 0 Å². The summed E-state index contributed by atoms with van der Waals surface area (Å²) in [4.78, 5) is 0. The maximum absolute atomic E-state index is 5.36. The Morgan fingerprint density at radius 3 is 1.12 bits per heavy atom. The highest BCUT2D eigenvalue weighted by Crippen LogP contribution is 1.95. The minimum absolute atomic E-state index is 0.822. The molecule has 2 N–H and O–H groups in total. The van der Waals surface area contributed by atoms with Crippen molar-refractivity contribution in [3.05, 3.63) is 66.7 Å². The first kappa shape index (κ1) is 14.2. The number of rotatable bonds is 0. The molecule has 0 amide bonds. The lowest BCUT2D eigenvalue weighted by atomic mass is 10.3. The standard InChI is InChI=1S/C6H7N.C6H6.C2H6O/c7-6-4-2-1-3-5-6;1-2-4-6-5-3-1;1-3-2/h1-5H,7H2;1-6H;1-2H3. The molecule has 0 aromatic heterocycles. The molecule has 0 unspecified atom stereocenters. The largest absolute Gasteiger partial charge is 0.399 e. The van der Waals surface area contributed by atoms with E-state index in [0.717, 1.165) is 5.69 Å². The molecule has 16 heavy (non-hydrogen) atoms. The molecule has 0 fully saturated rings. The van der Waals surface area contributed by atoms with Crippen LogP contribution in [0, 0.1) is 0 Å². The molecular weight excluding hydrogens is 198 g/mol. The van der Waals surface area contributed by atoms with Crippen molar-refractivity contribution in [1.82, 2.24) is 0 Å². The monoisotopic (exact) mass is 217 g/mol. The lowest BCUT2D eigenvalue weighted by Gasteiger charge is -1.83. The molecule has 0 radical (unpaired) electrons. The summed E-state index contributed by atoms with van der Waals surface area (Å²) in [6.45, 7) is 0. The normalized spacial score (nSPS) is 7.88. The van der Waals surface area contributed by atoms with Crippen LogP contribution in [-0.4, -0.2) is 14.2 Å². The molecule has 2 aromatic carbocycles. The summed E-state index contributed by atoms with van der Waals surface area (Å²) in [6, 6.07) is 21.5. The molecule has 0 atom stereocenters. The molecule has 0 bridgehead atoms. The van der Waals surface area contributed by atoms with E-state index >= 15 is 0 Å². The summed E-state index contributed by atoms with van der Waals surface area (Å²) in [6.07, 6.45) is 0. The van der Waals surface area contributed by atoms with Gasteiger partial charge in [0.15, 0.2) is 0 Å². The van der Waals surface area contributed by atoms with Crippen LogP contribution in [0.1, 0.15) is 0 Å². The van der Waals surface area contributed by atoms with Gasteiger partial charge in [-0.2, -0.15) is 0 Å². The summed E-state index contributed by atoms with van der Waals surface area (Å²) in [7, 11) is 3.25. The lowest BCUT2D eigenvalue weighted by molar-refractivity contribution is 0.277. The fourth-order valence-electron chi connectivity index (χ4n) is 0.838. The second-order valence-electron chi connectivity index (χ2n) is 2.97. The third-order valence-electron chi connectivity index (χ3n) is 1.47. The minimum Gasteiger partial charge on any atom is -0.399 e.